The number of esters is 1. The Morgan fingerprint density at radius 3 is 2.81 bits per heavy atom. The minimum absolute atomic E-state index is 0.0337. The highest BCUT2D eigenvalue weighted by atomic mass is 16.7. The topological polar surface area (TPSA) is 63.2 Å². The van der Waals surface area contributed by atoms with Gasteiger partial charge < -0.3 is 23.7 Å². The zero-order valence-corrected chi connectivity index (χ0v) is 16.4. The van der Waals surface area contributed by atoms with Crippen LogP contribution in [0.1, 0.15) is 51.9 Å². The predicted octanol–water partition coefficient (Wildman–Crippen LogP) is 4.15. The first-order chi connectivity index (χ1) is 13.0. The van der Waals surface area contributed by atoms with Crippen LogP contribution in [0.3, 0.4) is 0 Å². The van der Waals surface area contributed by atoms with E-state index >= 15 is 0 Å². The smallest absolute Gasteiger partial charge is 0.302 e. The Labute approximate surface area is 161 Å². The van der Waals surface area contributed by atoms with Crippen molar-refractivity contribution in [3.05, 3.63) is 42.7 Å². The largest absolute Gasteiger partial charge is 0.498 e. The second-order valence-corrected chi connectivity index (χ2v) is 6.61. The monoisotopic (exact) mass is 378 g/mol. The van der Waals surface area contributed by atoms with E-state index < -0.39 is 6.29 Å². The molecule has 4 atom stereocenters. The van der Waals surface area contributed by atoms with Gasteiger partial charge in [-0.15, -0.1) is 0 Å². The Morgan fingerprint density at radius 2 is 2.11 bits per heavy atom. The van der Waals surface area contributed by atoms with Gasteiger partial charge in [0.15, 0.2) is 6.29 Å². The number of carbonyl (C=O) groups is 1. The maximum absolute atomic E-state index is 11.2. The number of benzene rings is 1. The lowest BCUT2D eigenvalue weighted by Gasteiger charge is -2.36. The summed E-state index contributed by atoms with van der Waals surface area (Å²) in [6.45, 7) is 9.78. The Kier molecular flexibility index (Phi) is 8.61. The maximum Gasteiger partial charge on any atom is 0.302 e. The minimum atomic E-state index is -0.466. The highest BCUT2D eigenvalue weighted by molar-refractivity contribution is 5.66. The van der Waals surface area contributed by atoms with E-state index in [2.05, 4.69) is 13.5 Å². The van der Waals surface area contributed by atoms with Gasteiger partial charge in [-0.2, -0.15) is 0 Å². The number of carbonyl (C=O) groups excluding carboxylic acids is 1. The van der Waals surface area contributed by atoms with Crippen molar-refractivity contribution in [1.82, 2.24) is 0 Å². The van der Waals surface area contributed by atoms with E-state index in [9.17, 15) is 4.79 Å². The van der Waals surface area contributed by atoms with Crippen LogP contribution >= 0.6 is 0 Å². The third-order valence-corrected chi connectivity index (χ3v) is 4.29. The molecular weight excluding hydrogens is 348 g/mol. The van der Waals surface area contributed by atoms with Gasteiger partial charge in [0, 0.05) is 25.3 Å². The molecule has 0 amide bonds. The van der Waals surface area contributed by atoms with Gasteiger partial charge in [0.2, 0.25) is 0 Å². The lowest BCUT2D eigenvalue weighted by Crippen LogP contribution is -2.35. The Bertz CT molecular complexity index is 602. The van der Waals surface area contributed by atoms with Gasteiger partial charge in [-0.1, -0.05) is 25.6 Å². The molecule has 1 aliphatic heterocycles. The van der Waals surface area contributed by atoms with E-state index in [1.54, 1.807) is 0 Å². The Hall–Kier alpha value is -2.05. The van der Waals surface area contributed by atoms with Crippen molar-refractivity contribution < 1.29 is 28.5 Å². The van der Waals surface area contributed by atoms with Crippen molar-refractivity contribution in [2.75, 3.05) is 13.2 Å². The van der Waals surface area contributed by atoms with Gasteiger partial charge in [0.05, 0.1) is 18.5 Å². The normalized spacial score (nSPS) is 23.3. The van der Waals surface area contributed by atoms with Gasteiger partial charge in [-0.3, -0.25) is 4.79 Å². The average molecular weight is 378 g/mol. The van der Waals surface area contributed by atoms with E-state index in [-0.39, 0.29) is 24.3 Å². The van der Waals surface area contributed by atoms with Crippen LogP contribution in [0.4, 0.5) is 0 Å². The number of hydrogen-bond donors (Lipinski definition) is 0. The molecule has 0 N–H and O–H groups in total. The Balaban J connectivity index is 2.00. The zero-order chi connectivity index (χ0) is 19.6. The van der Waals surface area contributed by atoms with Crippen molar-refractivity contribution in [3.8, 4) is 5.75 Å². The molecule has 150 valence electrons. The molecule has 27 heavy (non-hydrogen) atoms. The van der Waals surface area contributed by atoms with Gasteiger partial charge in [0.25, 0.3) is 0 Å². The summed E-state index contributed by atoms with van der Waals surface area (Å²) >= 11 is 0. The van der Waals surface area contributed by atoms with E-state index in [1.807, 2.05) is 31.2 Å². The van der Waals surface area contributed by atoms with Crippen molar-refractivity contribution >= 4 is 5.97 Å². The van der Waals surface area contributed by atoms with Crippen LogP contribution in [0, 0.1) is 0 Å². The number of rotatable bonds is 10. The first kappa shape index (κ1) is 21.3. The van der Waals surface area contributed by atoms with Crippen molar-refractivity contribution in [2.45, 2.75) is 64.6 Å². The summed E-state index contributed by atoms with van der Waals surface area (Å²) in [6, 6.07) is 7.68. The molecule has 4 unspecified atom stereocenters. The molecule has 0 bridgehead atoms. The van der Waals surface area contributed by atoms with Crippen LogP contribution in [-0.2, 0) is 23.7 Å². The fraction of sp³-hybridized carbons (Fsp3) is 0.571. The summed E-state index contributed by atoms with van der Waals surface area (Å²) in [7, 11) is 0. The highest BCUT2D eigenvalue weighted by Gasteiger charge is 2.31. The third-order valence-electron chi connectivity index (χ3n) is 4.29. The van der Waals surface area contributed by atoms with Gasteiger partial charge in [0.1, 0.15) is 25.1 Å². The molecule has 6 heteroatoms. The van der Waals surface area contributed by atoms with E-state index in [0.717, 1.165) is 24.2 Å². The highest BCUT2D eigenvalue weighted by Crippen LogP contribution is 2.34. The van der Waals surface area contributed by atoms with Gasteiger partial charge in [-0.25, -0.2) is 0 Å². The second kappa shape index (κ2) is 10.9. The van der Waals surface area contributed by atoms with Gasteiger partial charge in [-0.05, 0) is 25.5 Å². The van der Waals surface area contributed by atoms with E-state index in [0.29, 0.717) is 19.6 Å². The molecule has 0 spiro atoms. The summed E-state index contributed by atoms with van der Waals surface area (Å²) in [6.07, 6.45) is 3.13. The fourth-order valence-electron chi connectivity index (χ4n) is 3.10. The molecule has 2 rings (SSSR count). The van der Waals surface area contributed by atoms with Crippen molar-refractivity contribution in [1.29, 1.82) is 0 Å². The molecule has 0 aliphatic carbocycles. The van der Waals surface area contributed by atoms with E-state index in [4.69, 9.17) is 23.7 Å². The molecule has 1 aromatic carbocycles. The van der Waals surface area contributed by atoms with Crippen molar-refractivity contribution in [3.63, 3.8) is 0 Å². The van der Waals surface area contributed by atoms with E-state index in [1.165, 1.54) is 13.2 Å². The molecule has 0 aromatic heterocycles. The van der Waals surface area contributed by atoms with Crippen LogP contribution in [0.25, 0.3) is 0 Å². The first-order valence-corrected chi connectivity index (χ1v) is 9.45. The quantitative estimate of drug-likeness (QED) is 0.346. The predicted molar refractivity (Wildman–Crippen MR) is 101 cm³/mol. The van der Waals surface area contributed by atoms with Crippen LogP contribution < -0.4 is 4.74 Å². The molecule has 1 aliphatic rings. The summed E-state index contributed by atoms with van der Waals surface area (Å²) in [5.41, 5.74) is 0.903. The molecular formula is C21H30O6. The number of ether oxygens (including phenoxy) is 5. The molecule has 1 heterocycles. The lowest BCUT2D eigenvalue weighted by atomic mass is 10.0. The zero-order valence-electron chi connectivity index (χ0n) is 16.4. The maximum atomic E-state index is 11.2. The van der Waals surface area contributed by atoms with Crippen LogP contribution in [0.5, 0.6) is 5.75 Å². The molecule has 0 radical (unpaired) electrons. The molecule has 1 aromatic rings. The number of hydrogen-bond acceptors (Lipinski definition) is 6. The standard InChI is InChI=1S/C21H30O6/c1-5-18-14-20(12-15(3)25-16(4)22)27-21(26-18)17-8-7-9-19(13-17)24-11-10-23-6-2/h6-9,13,15,18,20-21H,2,5,10-12,14H2,1,3-4H3. The lowest BCUT2D eigenvalue weighted by molar-refractivity contribution is -0.252. The molecule has 1 fully saturated rings. The summed E-state index contributed by atoms with van der Waals surface area (Å²) in [4.78, 5) is 11.2. The summed E-state index contributed by atoms with van der Waals surface area (Å²) < 4.78 is 28.2. The van der Waals surface area contributed by atoms with Crippen LogP contribution in [0.15, 0.2) is 37.1 Å². The average Bonchev–Trinajstić information content (AvgIpc) is 2.64. The summed E-state index contributed by atoms with van der Waals surface area (Å²) in [5.74, 6) is 0.458. The van der Waals surface area contributed by atoms with Crippen LogP contribution in [0.2, 0.25) is 0 Å². The van der Waals surface area contributed by atoms with Crippen molar-refractivity contribution in [2.24, 2.45) is 0 Å². The Morgan fingerprint density at radius 1 is 1.33 bits per heavy atom. The SMILES string of the molecule is C=COCCOc1cccc(C2OC(CC)CC(CC(C)OC(C)=O)O2)c1. The summed E-state index contributed by atoms with van der Waals surface area (Å²) in [5, 5.41) is 0. The fourth-order valence-corrected chi connectivity index (χ4v) is 3.10. The molecule has 1 saturated heterocycles. The molecule has 6 nitrogen and oxygen atoms in total. The molecule has 0 saturated carbocycles. The van der Waals surface area contributed by atoms with Crippen LogP contribution in [-0.4, -0.2) is 37.5 Å². The third kappa shape index (κ3) is 7.23. The second-order valence-electron chi connectivity index (χ2n) is 6.61. The van der Waals surface area contributed by atoms with Gasteiger partial charge >= 0.3 is 5.97 Å². The first-order valence-electron chi connectivity index (χ1n) is 9.45. The minimum Gasteiger partial charge on any atom is -0.498 e.